The Balaban J connectivity index is 2.75. The topological polar surface area (TPSA) is 59.6 Å². The van der Waals surface area contributed by atoms with Gasteiger partial charge in [-0.25, -0.2) is 13.9 Å². The van der Waals surface area contributed by atoms with Crippen LogP contribution in [0.25, 0.3) is 5.69 Å². The number of H-pyrrole nitrogens is 1. The Bertz CT molecular complexity index is 560. The Morgan fingerprint density at radius 3 is 2.73 bits per heavy atom. The summed E-state index contributed by atoms with van der Waals surface area (Å²) in [7, 11) is 0. The zero-order valence-electron chi connectivity index (χ0n) is 7.37. The zero-order valence-corrected chi connectivity index (χ0v) is 8.18. The molecule has 1 aromatic carbocycles. The number of hydrogen-bond donors (Lipinski definition) is 2. The molecule has 3 N–H and O–H groups in total. The molecule has 1 aromatic heterocycles. The number of rotatable bonds is 1. The summed E-state index contributed by atoms with van der Waals surface area (Å²) in [6.07, 6.45) is 0. The standard InChI is InChI=1S/C8H6F2N4S/c9-4-2-1-3-5(6(4)10)14-7(11)12-13-8(14)15/h1-3H,(H2,11,12)(H,13,15). The predicted molar refractivity (Wildman–Crippen MR) is 53.1 cm³/mol. The monoisotopic (exact) mass is 228 g/mol. The number of aromatic amines is 1. The van der Waals surface area contributed by atoms with Crippen molar-refractivity contribution in [3.63, 3.8) is 0 Å². The van der Waals surface area contributed by atoms with Crippen molar-refractivity contribution < 1.29 is 8.78 Å². The molecule has 0 atom stereocenters. The van der Waals surface area contributed by atoms with E-state index < -0.39 is 11.6 Å². The highest BCUT2D eigenvalue weighted by Gasteiger charge is 2.12. The van der Waals surface area contributed by atoms with Crippen molar-refractivity contribution >= 4 is 18.2 Å². The Hall–Kier alpha value is -1.76. The van der Waals surface area contributed by atoms with Crippen LogP contribution in [0, 0.1) is 16.4 Å². The van der Waals surface area contributed by atoms with Crippen molar-refractivity contribution in [1.82, 2.24) is 14.8 Å². The molecule has 1 heterocycles. The first-order valence-corrected chi connectivity index (χ1v) is 4.39. The Labute approximate surface area is 88.3 Å². The average molecular weight is 228 g/mol. The van der Waals surface area contributed by atoms with Crippen LogP contribution in [0.3, 0.4) is 0 Å². The maximum atomic E-state index is 13.4. The second-order valence-electron chi connectivity index (χ2n) is 2.80. The van der Waals surface area contributed by atoms with E-state index in [0.717, 1.165) is 10.6 Å². The summed E-state index contributed by atoms with van der Waals surface area (Å²) in [6, 6.07) is 3.74. The molecule has 0 saturated heterocycles. The van der Waals surface area contributed by atoms with Gasteiger partial charge in [-0.05, 0) is 24.4 Å². The van der Waals surface area contributed by atoms with E-state index in [0.29, 0.717) is 0 Å². The molecule has 0 unspecified atom stereocenters. The number of anilines is 1. The first kappa shape index (κ1) is 9.78. The summed E-state index contributed by atoms with van der Waals surface area (Å²) in [4.78, 5) is 0. The van der Waals surface area contributed by atoms with Gasteiger partial charge in [0.05, 0.1) is 5.69 Å². The van der Waals surface area contributed by atoms with E-state index in [1.807, 2.05) is 0 Å². The number of nitrogens with zero attached hydrogens (tertiary/aromatic N) is 2. The fourth-order valence-corrected chi connectivity index (χ4v) is 1.44. The number of halogens is 2. The third kappa shape index (κ3) is 1.50. The van der Waals surface area contributed by atoms with Gasteiger partial charge in [0, 0.05) is 0 Å². The van der Waals surface area contributed by atoms with E-state index in [-0.39, 0.29) is 16.4 Å². The second kappa shape index (κ2) is 3.43. The van der Waals surface area contributed by atoms with Gasteiger partial charge in [-0.2, -0.15) is 0 Å². The normalized spacial score (nSPS) is 10.5. The molecule has 0 aliphatic heterocycles. The molecule has 4 nitrogen and oxygen atoms in total. The molecule has 0 amide bonds. The average Bonchev–Trinajstić information content (AvgIpc) is 2.52. The number of nitrogen functional groups attached to an aromatic ring is 1. The predicted octanol–water partition coefficient (Wildman–Crippen LogP) is 1.79. The fourth-order valence-electron chi connectivity index (χ4n) is 1.21. The minimum absolute atomic E-state index is 0.0236. The Morgan fingerprint density at radius 1 is 1.40 bits per heavy atom. The lowest BCUT2D eigenvalue weighted by atomic mass is 10.3. The van der Waals surface area contributed by atoms with E-state index in [1.54, 1.807) is 0 Å². The number of benzene rings is 1. The molecule has 2 aromatic rings. The lowest BCUT2D eigenvalue weighted by molar-refractivity contribution is 0.504. The second-order valence-corrected chi connectivity index (χ2v) is 3.18. The summed E-state index contributed by atoms with van der Waals surface area (Å²) in [5.74, 6) is -2.00. The molecule has 0 aliphatic rings. The molecule has 0 radical (unpaired) electrons. The van der Waals surface area contributed by atoms with Crippen LogP contribution in [0.5, 0.6) is 0 Å². The largest absolute Gasteiger partial charge is 0.368 e. The van der Waals surface area contributed by atoms with Gasteiger partial charge in [0.1, 0.15) is 0 Å². The molecule has 0 bridgehead atoms. The van der Waals surface area contributed by atoms with E-state index in [2.05, 4.69) is 10.2 Å². The maximum absolute atomic E-state index is 13.4. The van der Waals surface area contributed by atoms with Gasteiger partial charge in [-0.3, -0.25) is 4.57 Å². The minimum Gasteiger partial charge on any atom is -0.368 e. The molecule has 0 aliphatic carbocycles. The van der Waals surface area contributed by atoms with Gasteiger partial charge >= 0.3 is 0 Å². The smallest absolute Gasteiger partial charge is 0.225 e. The van der Waals surface area contributed by atoms with Crippen molar-refractivity contribution in [3.8, 4) is 5.69 Å². The molecular weight excluding hydrogens is 222 g/mol. The molecule has 15 heavy (non-hydrogen) atoms. The van der Waals surface area contributed by atoms with Crippen molar-refractivity contribution in [1.29, 1.82) is 0 Å². The van der Waals surface area contributed by atoms with Crippen LogP contribution in [-0.2, 0) is 0 Å². The molecule has 2 rings (SSSR count). The van der Waals surface area contributed by atoms with E-state index >= 15 is 0 Å². The van der Waals surface area contributed by atoms with Crippen molar-refractivity contribution in [2.45, 2.75) is 0 Å². The van der Waals surface area contributed by atoms with Crippen molar-refractivity contribution in [2.75, 3.05) is 5.73 Å². The SMILES string of the molecule is Nc1n[nH]c(=S)n1-c1cccc(F)c1F. The van der Waals surface area contributed by atoms with Gasteiger partial charge in [-0.1, -0.05) is 6.07 Å². The molecule has 7 heteroatoms. The van der Waals surface area contributed by atoms with Gasteiger partial charge in [0.2, 0.25) is 10.7 Å². The first-order chi connectivity index (χ1) is 7.11. The quantitative estimate of drug-likeness (QED) is 0.731. The summed E-state index contributed by atoms with van der Waals surface area (Å²) < 4.78 is 27.6. The number of aromatic nitrogens is 3. The fraction of sp³-hybridized carbons (Fsp3) is 0. The highest BCUT2D eigenvalue weighted by Crippen LogP contribution is 2.18. The lowest BCUT2D eigenvalue weighted by Gasteiger charge is -2.04. The number of nitrogens with one attached hydrogen (secondary N) is 1. The van der Waals surface area contributed by atoms with Crippen LogP contribution < -0.4 is 5.73 Å². The molecular formula is C8H6F2N4S. The number of hydrogen-bond acceptors (Lipinski definition) is 3. The van der Waals surface area contributed by atoms with E-state index in [9.17, 15) is 8.78 Å². The summed E-state index contributed by atoms with van der Waals surface area (Å²) >= 11 is 4.83. The Morgan fingerprint density at radius 2 is 2.13 bits per heavy atom. The highest BCUT2D eigenvalue weighted by atomic mass is 32.1. The molecule has 0 fully saturated rings. The van der Waals surface area contributed by atoms with E-state index in [1.165, 1.54) is 12.1 Å². The summed E-state index contributed by atoms with van der Waals surface area (Å²) in [6.45, 7) is 0. The van der Waals surface area contributed by atoms with Crippen molar-refractivity contribution in [3.05, 3.63) is 34.6 Å². The maximum Gasteiger partial charge on any atom is 0.225 e. The Kier molecular flexibility index (Phi) is 2.24. The van der Waals surface area contributed by atoms with Crippen LogP contribution in [-0.4, -0.2) is 14.8 Å². The van der Waals surface area contributed by atoms with Crippen LogP contribution in [0.2, 0.25) is 0 Å². The van der Waals surface area contributed by atoms with Gasteiger partial charge in [0.15, 0.2) is 11.6 Å². The van der Waals surface area contributed by atoms with E-state index in [4.69, 9.17) is 18.0 Å². The van der Waals surface area contributed by atoms with Crippen molar-refractivity contribution in [2.24, 2.45) is 0 Å². The van der Waals surface area contributed by atoms with Gasteiger partial charge < -0.3 is 5.73 Å². The molecule has 0 spiro atoms. The van der Waals surface area contributed by atoms with Crippen LogP contribution in [0.4, 0.5) is 14.7 Å². The summed E-state index contributed by atoms with van der Waals surface area (Å²) in [5, 5.41) is 5.98. The molecule has 0 saturated carbocycles. The number of nitrogens with two attached hydrogens (primary N) is 1. The lowest BCUT2D eigenvalue weighted by Crippen LogP contribution is -2.04. The minimum atomic E-state index is -1.01. The third-order valence-corrected chi connectivity index (χ3v) is 2.14. The van der Waals surface area contributed by atoms with Crippen LogP contribution >= 0.6 is 12.2 Å². The zero-order chi connectivity index (χ0) is 11.0. The first-order valence-electron chi connectivity index (χ1n) is 3.98. The third-order valence-electron chi connectivity index (χ3n) is 1.87. The van der Waals surface area contributed by atoms with Gasteiger partial charge in [-0.15, -0.1) is 5.10 Å². The highest BCUT2D eigenvalue weighted by molar-refractivity contribution is 7.71. The summed E-state index contributed by atoms with van der Waals surface area (Å²) in [5.41, 5.74) is 5.39. The van der Waals surface area contributed by atoms with Crippen LogP contribution in [0.15, 0.2) is 18.2 Å². The van der Waals surface area contributed by atoms with Gasteiger partial charge in [0.25, 0.3) is 0 Å². The van der Waals surface area contributed by atoms with Crippen LogP contribution in [0.1, 0.15) is 0 Å². The molecule has 78 valence electrons.